The minimum Gasteiger partial charge on any atom is -0.353 e. The summed E-state index contributed by atoms with van der Waals surface area (Å²) in [6.45, 7) is 1.28. The predicted molar refractivity (Wildman–Crippen MR) is 90.0 cm³/mol. The maximum absolute atomic E-state index is 13.3. The second kappa shape index (κ2) is 8.73. The Morgan fingerprint density at radius 3 is 2.46 bits per heavy atom. The maximum Gasteiger partial charge on any atom is 0.405 e. The van der Waals surface area contributed by atoms with Gasteiger partial charge in [0, 0.05) is 32.7 Å². The minimum absolute atomic E-state index is 0.324. The molecule has 0 bridgehead atoms. The smallest absolute Gasteiger partial charge is 0.353 e. The van der Waals surface area contributed by atoms with E-state index in [9.17, 15) is 18.0 Å². The second-order valence-corrected chi connectivity index (χ2v) is 6.56. The minimum atomic E-state index is -4.37. The van der Waals surface area contributed by atoms with Crippen molar-refractivity contribution >= 4 is 17.7 Å². The first kappa shape index (κ1) is 19.1. The molecule has 8 heteroatoms. The first-order chi connectivity index (χ1) is 11.4. The summed E-state index contributed by atoms with van der Waals surface area (Å²) in [6, 6.07) is 7.41. The van der Waals surface area contributed by atoms with E-state index >= 15 is 0 Å². The Morgan fingerprint density at radius 2 is 1.92 bits per heavy atom. The number of hydrogen-bond acceptors (Lipinski definition) is 4. The van der Waals surface area contributed by atoms with Crippen LogP contribution in [0.15, 0.2) is 30.3 Å². The number of carbonyl (C=O) groups excluding carboxylic acids is 1. The van der Waals surface area contributed by atoms with E-state index in [1.54, 1.807) is 18.4 Å². The fourth-order valence-corrected chi connectivity index (χ4v) is 3.48. The number of piperazine rings is 1. The third kappa shape index (κ3) is 5.12. The van der Waals surface area contributed by atoms with Crippen LogP contribution in [0.4, 0.5) is 13.2 Å². The number of rotatable bonds is 6. The lowest BCUT2D eigenvalue weighted by atomic mass is 10.1. The third-order valence-corrected chi connectivity index (χ3v) is 4.97. The number of nitrogens with one attached hydrogen (secondary N) is 2. The number of thioether (sulfide) groups is 1. The lowest BCUT2D eigenvalue weighted by Crippen LogP contribution is -2.57. The van der Waals surface area contributed by atoms with Crippen LogP contribution < -0.4 is 10.6 Å². The van der Waals surface area contributed by atoms with Gasteiger partial charge < -0.3 is 10.6 Å². The summed E-state index contributed by atoms with van der Waals surface area (Å²) in [5, 5.41) is 5.02. The summed E-state index contributed by atoms with van der Waals surface area (Å²) in [4.78, 5) is 13.7. The Morgan fingerprint density at radius 1 is 1.29 bits per heavy atom. The molecule has 0 saturated carbocycles. The van der Waals surface area contributed by atoms with Gasteiger partial charge in [0.2, 0.25) is 5.91 Å². The fraction of sp³-hybridized carbons (Fsp3) is 0.562. The van der Waals surface area contributed by atoms with Gasteiger partial charge in [0.15, 0.2) is 0 Å². The molecule has 24 heavy (non-hydrogen) atoms. The van der Waals surface area contributed by atoms with E-state index in [1.807, 2.05) is 18.2 Å². The number of alkyl halides is 3. The number of hydrogen-bond donors (Lipinski definition) is 2. The van der Waals surface area contributed by atoms with Crippen LogP contribution in [0.3, 0.4) is 0 Å². The molecule has 0 aliphatic carbocycles. The Bertz CT molecular complexity index is 521. The van der Waals surface area contributed by atoms with Gasteiger partial charge in [-0.05, 0) is 11.8 Å². The van der Waals surface area contributed by atoms with E-state index < -0.39 is 29.9 Å². The van der Waals surface area contributed by atoms with Gasteiger partial charge in [-0.3, -0.25) is 9.69 Å². The predicted octanol–water partition coefficient (Wildman–Crippen LogP) is 2.04. The summed E-state index contributed by atoms with van der Waals surface area (Å²) in [6.07, 6.45) is -2.60. The van der Waals surface area contributed by atoms with Crippen LogP contribution in [0.25, 0.3) is 0 Å². The molecule has 0 aromatic heterocycles. The molecule has 2 atom stereocenters. The van der Waals surface area contributed by atoms with Crippen LogP contribution >= 0.6 is 11.8 Å². The summed E-state index contributed by atoms with van der Waals surface area (Å²) in [5.41, 5.74) is 0.785. The first-order valence-electron chi connectivity index (χ1n) is 7.80. The molecular weight excluding hydrogens is 339 g/mol. The standard InChI is InChI=1S/C16H22F3N3OS/c1-24-14(12-5-3-2-4-6-12)15(23)21-11-13(16(17,18)19)22-9-7-20-8-10-22/h2-6,13-14,20H,7-11H2,1H3,(H,21,23). The van der Waals surface area contributed by atoms with Crippen molar-refractivity contribution < 1.29 is 18.0 Å². The van der Waals surface area contributed by atoms with Crippen LogP contribution in [0, 0.1) is 0 Å². The Labute approximate surface area is 144 Å². The van der Waals surface area contributed by atoms with E-state index in [0.29, 0.717) is 26.2 Å². The van der Waals surface area contributed by atoms with Crippen molar-refractivity contribution in [1.82, 2.24) is 15.5 Å². The Balaban J connectivity index is 2.00. The highest BCUT2D eigenvalue weighted by Gasteiger charge is 2.44. The zero-order valence-corrected chi connectivity index (χ0v) is 14.3. The molecule has 1 amide bonds. The number of carbonyl (C=O) groups is 1. The lowest BCUT2D eigenvalue weighted by Gasteiger charge is -2.36. The van der Waals surface area contributed by atoms with Crippen LogP contribution in [0.5, 0.6) is 0 Å². The highest BCUT2D eigenvalue weighted by atomic mass is 32.2. The van der Waals surface area contributed by atoms with E-state index in [1.165, 1.54) is 16.7 Å². The molecule has 1 aromatic carbocycles. The van der Waals surface area contributed by atoms with Gasteiger partial charge in [-0.25, -0.2) is 0 Å². The number of halogens is 3. The third-order valence-electron chi connectivity index (χ3n) is 4.02. The Hall–Kier alpha value is -1.25. The number of benzene rings is 1. The van der Waals surface area contributed by atoms with Crippen LogP contribution in [-0.4, -0.2) is 62.0 Å². The molecule has 0 spiro atoms. The maximum atomic E-state index is 13.3. The molecule has 1 aliphatic heterocycles. The van der Waals surface area contributed by atoms with Crippen molar-refractivity contribution in [3.05, 3.63) is 35.9 Å². The highest BCUT2D eigenvalue weighted by molar-refractivity contribution is 7.99. The average molecular weight is 361 g/mol. The molecule has 1 aliphatic rings. The molecule has 1 aromatic rings. The van der Waals surface area contributed by atoms with Crippen molar-refractivity contribution in [3.63, 3.8) is 0 Å². The second-order valence-electron chi connectivity index (χ2n) is 5.61. The van der Waals surface area contributed by atoms with Gasteiger partial charge in [-0.2, -0.15) is 13.2 Å². The van der Waals surface area contributed by atoms with E-state index in [2.05, 4.69) is 10.6 Å². The van der Waals surface area contributed by atoms with Crippen molar-refractivity contribution in [3.8, 4) is 0 Å². The van der Waals surface area contributed by atoms with Crippen molar-refractivity contribution in [2.24, 2.45) is 0 Å². The summed E-state index contributed by atoms with van der Waals surface area (Å²) in [7, 11) is 0. The number of nitrogens with zero attached hydrogens (tertiary/aromatic N) is 1. The van der Waals surface area contributed by atoms with Crippen LogP contribution in [-0.2, 0) is 4.79 Å². The van der Waals surface area contributed by atoms with Crippen molar-refractivity contribution in [2.75, 3.05) is 39.0 Å². The topological polar surface area (TPSA) is 44.4 Å². The monoisotopic (exact) mass is 361 g/mol. The number of amides is 1. The zero-order chi connectivity index (χ0) is 17.6. The molecular formula is C16H22F3N3OS. The first-order valence-corrected chi connectivity index (χ1v) is 9.09. The quantitative estimate of drug-likeness (QED) is 0.814. The molecule has 4 nitrogen and oxygen atoms in total. The Kier molecular flexibility index (Phi) is 6.94. The molecule has 2 N–H and O–H groups in total. The zero-order valence-electron chi connectivity index (χ0n) is 13.5. The van der Waals surface area contributed by atoms with E-state index in [-0.39, 0.29) is 0 Å². The SMILES string of the molecule is CSC(C(=O)NCC(N1CCNCC1)C(F)(F)F)c1ccccc1. The lowest BCUT2D eigenvalue weighted by molar-refractivity contribution is -0.184. The average Bonchev–Trinajstić information content (AvgIpc) is 2.56. The van der Waals surface area contributed by atoms with Gasteiger partial charge in [0.05, 0.1) is 0 Å². The highest BCUT2D eigenvalue weighted by Crippen LogP contribution is 2.28. The summed E-state index contributed by atoms with van der Waals surface area (Å²) in [5.74, 6) is -0.391. The van der Waals surface area contributed by atoms with Gasteiger partial charge >= 0.3 is 6.18 Å². The van der Waals surface area contributed by atoms with E-state index in [0.717, 1.165) is 5.56 Å². The molecule has 2 unspecified atom stereocenters. The molecule has 1 fully saturated rings. The molecule has 134 valence electrons. The molecule has 1 heterocycles. The molecule has 1 saturated heterocycles. The van der Waals surface area contributed by atoms with E-state index in [4.69, 9.17) is 0 Å². The van der Waals surface area contributed by atoms with Gasteiger partial charge in [-0.1, -0.05) is 30.3 Å². The summed E-state index contributed by atoms with van der Waals surface area (Å²) < 4.78 is 40.0. The van der Waals surface area contributed by atoms with Gasteiger partial charge in [-0.15, -0.1) is 11.8 Å². The van der Waals surface area contributed by atoms with Crippen LogP contribution in [0.1, 0.15) is 10.8 Å². The van der Waals surface area contributed by atoms with Crippen molar-refractivity contribution in [1.29, 1.82) is 0 Å². The summed E-state index contributed by atoms with van der Waals surface area (Å²) >= 11 is 1.31. The van der Waals surface area contributed by atoms with Crippen LogP contribution in [0.2, 0.25) is 0 Å². The molecule has 2 rings (SSSR count). The van der Waals surface area contributed by atoms with Gasteiger partial charge in [0.1, 0.15) is 11.3 Å². The fourth-order valence-electron chi connectivity index (χ4n) is 2.76. The normalized spacial score (nSPS) is 18.8. The molecule has 0 radical (unpaired) electrons. The largest absolute Gasteiger partial charge is 0.405 e. The van der Waals surface area contributed by atoms with Crippen molar-refractivity contribution in [2.45, 2.75) is 17.5 Å². The van der Waals surface area contributed by atoms with Gasteiger partial charge in [0.25, 0.3) is 0 Å².